The van der Waals surface area contributed by atoms with Gasteiger partial charge in [-0.25, -0.2) is 0 Å². The maximum atomic E-state index is 12.2. The topological polar surface area (TPSA) is 42.2 Å². The summed E-state index contributed by atoms with van der Waals surface area (Å²) in [7, 11) is 0. The first kappa shape index (κ1) is 15.7. The first-order valence-corrected chi connectivity index (χ1v) is 8.11. The third kappa shape index (κ3) is 4.14. The highest BCUT2D eigenvalue weighted by molar-refractivity contribution is 7.99. The second-order valence-corrected chi connectivity index (χ2v) is 6.15. The molecule has 0 bridgehead atoms. The molecule has 1 heterocycles. The van der Waals surface area contributed by atoms with Crippen molar-refractivity contribution in [2.45, 2.75) is 32.1 Å². The highest BCUT2D eigenvalue weighted by Crippen LogP contribution is 2.20. The van der Waals surface area contributed by atoms with E-state index in [1.807, 2.05) is 50.7 Å². The zero-order valence-corrected chi connectivity index (χ0v) is 13.5. The molecule has 1 aromatic carbocycles. The quantitative estimate of drug-likeness (QED) is 0.645. The maximum Gasteiger partial charge on any atom is 0.255 e. The Morgan fingerprint density at radius 3 is 2.48 bits per heavy atom. The summed E-state index contributed by atoms with van der Waals surface area (Å²) in [5, 5.41) is 2.97. The van der Waals surface area contributed by atoms with E-state index < -0.39 is 0 Å². The highest BCUT2D eigenvalue weighted by atomic mass is 32.2. The number of carbonyl (C=O) groups excluding carboxylic acids is 1. The molecule has 0 saturated heterocycles. The van der Waals surface area contributed by atoms with Gasteiger partial charge in [0, 0.05) is 17.0 Å². The molecule has 0 spiro atoms. The van der Waals surface area contributed by atoms with E-state index in [4.69, 9.17) is 4.42 Å². The summed E-state index contributed by atoms with van der Waals surface area (Å²) in [5.74, 6) is 2.47. The van der Waals surface area contributed by atoms with Crippen LogP contribution in [0.15, 0.2) is 39.6 Å². The van der Waals surface area contributed by atoms with Gasteiger partial charge in [0.05, 0.1) is 5.56 Å². The SMILES string of the molecule is Cc1oc(C)c(C(=O)NCCCSc2ccccc2)c1C. The van der Waals surface area contributed by atoms with Crippen LogP contribution < -0.4 is 5.32 Å². The molecule has 0 unspecified atom stereocenters. The molecule has 1 aromatic heterocycles. The van der Waals surface area contributed by atoms with Crippen molar-refractivity contribution in [2.24, 2.45) is 0 Å². The lowest BCUT2D eigenvalue weighted by molar-refractivity contribution is 0.0952. The first-order valence-electron chi connectivity index (χ1n) is 7.12. The van der Waals surface area contributed by atoms with Crippen LogP contribution in [-0.2, 0) is 0 Å². The molecule has 0 atom stereocenters. The fraction of sp³-hybridized carbons (Fsp3) is 0.353. The van der Waals surface area contributed by atoms with Gasteiger partial charge >= 0.3 is 0 Å². The van der Waals surface area contributed by atoms with E-state index in [0.29, 0.717) is 17.9 Å². The van der Waals surface area contributed by atoms with Gasteiger partial charge in [-0.3, -0.25) is 4.79 Å². The second-order valence-electron chi connectivity index (χ2n) is 4.99. The summed E-state index contributed by atoms with van der Waals surface area (Å²) in [4.78, 5) is 13.4. The summed E-state index contributed by atoms with van der Waals surface area (Å²) >= 11 is 1.81. The molecule has 0 fully saturated rings. The third-order valence-electron chi connectivity index (χ3n) is 3.41. The number of thioether (sulfide) groups is 1. The molecular weight excluding hydrogens is 282 g/mol. The van der Waals surface area contributed by atoms with Gasteiger partial charge in [-0.2, -0.15) is 0 Å². The van der Waals surface area contributed by atoms with Gasteiger partial charge < -0.3 is 9.73 Å². The molecule has 1 N–H and O–H groups in total. The van der Waals surface area contributed by atoms with Crippen molar-refractivity contribution < 1.29 is 9.21 Å². The largest absolute Gasteiger partial charge is 0.466 e. The standard InChI is InChI=1S/C17H21NO2S/c1-12-13(2)20-14(3)16(12)17(19)18-10-7-11-21-15-8-5-4-6-9-15/h4-6,8-9H,7,10-11H2,1-3H3,(H,18,19). The molecule has 3 nitrogen and oxygen atoms in total. The Kier molecular flexibility index (Phi) is 5.51. The van der Waals surface area contributed by atoms with Gasteiger partial charge in [0.2, 0.25) is 0 Å². The van der Waals surface area contributed by atoms with Crippen molar-refractivity contribution in [1.82, 2.24) is 5.32 Å². The van der Waals surface area contributed by atoms with E-state index in [1.165, 1.54) is 4.90 Å². The number of nitrogens with one attached hydrogen (secondary N) is 1. The molecule has 2 rings (SSSR count). The van der Waals surface area contributed by atoms with Crippen molar-refractivity contribution in [3.05, 3.63) is 53.0 Å². The van der Waals surface area contributed by atoms with Crippen molar-refractivity contribution in [2.75, 3.05) is 12.3 Å². The normalized spacial score (nSPS) is 10.6. The monoisotopic (exact) mass is 303 g/mol. The number of benzene rings is 1. The second kappa shape index (κ2) is 7.36. The van der Waals surface area contributed by atoms with Crippen molar-refractivity contribution in [3.63, 3.8) is 0 Å². The Morgan fingerprint density at radius 1 is 1.14 bits per heavy atom. The number of aryl methyl sites for hydroxylation is 2. The lowest BCUT2D eigenvalue weighted by atomic mass is 10.1. The van der Waals surface area contributed by atoms with E-state index >= 15 is 0 Å². The molecule has 112 valence electrons. The average molecular weight is 303 g/mol. The van der Waals surface area contributed by atoms with Crippen LogP contribution in [0.4, 0.5) is 0 Å². The molecule has 0 aliphatic rings. The van der Waals surface area contributed by atoms with Gasteiger partial charge in [0.1, 0.15) is 11.5 Å². The number of hydrogen-bond donors (Lipinski definition) is 1. The van der Waals surface area contributed by atoms with E-state index in [1.54, 1.807) is 0 Å². The van der Waals surface area contributed by atoms with E-state index in [2.05, 4.69) is 17.4 Å². The predicted molar refractivity (Wildman–Crippen MR) is 87.0 cm³/mol. The number of hydrogen-bond acceptors (Lipinski definition) is 3. The minimum absolute atomic E-state index is 0.0356. The molecule has 0 radical (unpaired) electrons. The molecule has 0 aliphatic carbocycles. The first-order chi connectivity index (χ1) is 10.1. The maximum absolute atomic E-state index is 12.2. The van der Waals surface area contributed by atoms with Crippen LogP contribution in [0.3, 0.4) is 0 Å². The van der Waals surface area contributed by atoms with Crippen molar-refractivity contribution in [1.29, 1.82) is 0 Å². The molecule has 21 heavy (non-hydrogen) atoms. The zero-order valence-electron chi connectivity index (χ0n) is 12.7. The molecule has 0 aliphatic heterocycles. The van der Waals surface area contributed by atoms with E-state index in [9.17, 15) is 4.79 Å². The van der Waals surface area contributed by atoms with Crippen LogP contribution in [0.2, 0.25) is 0 Å². The Hall–Kier alpha value is -1.68. The van der Waals surface area contributed by atoms with Gasteiger partial charge in [-0.1, -0.05) is 18.2 Å². The molecular formula is C17H21NO2S. The number of rotatable bonds is 6. The summed E-state index contributed by atoms with van der Waals surface area (Å²) < 4.78 is 5.49. The number of amides is 1. The van der Waals surface area contributed by atoms with Crippen LogP contribution >= 0.6 is 11.8 Å². The summed E-state index contributed by atoms with van der Waals surface area (Å²) in [6, 6.07) is 10.3. The van der Waals surface area contributed by atoms with E-state index in [-0.39, 0.29) is 5.91 Å². The Balaban J connectivity index is 1.75. The van der Waals surface area contributed by atoms with Crippen LogP contribution in [0.5, 0.6) is 0 Å². The van der Waals surface area contributed by atoms with Gasteiger partial charge in [0.25, 0.3) is 5.91 Å². The van der Waals surface area contributed by atoms with Gasteiger partial charge in [-0.05, 0) is 45.1 Å². The zero-order chi connectivity index (χ0) is 15.2. The molecule has 4 heteroatoms. The Bertz CT molecular complexity index is 605. The molecule has 2 aromatic rings. The Morgan fingerprint density at radius 2 is 1.86 bits per heavy atom. The van der Waals surface area contributed by atoms with Gasteiger partial charge in [-0.15, -0.1) is 11.8 Å². The summed E-state index contributed by atoms with van der Waals surface area (Å²) in [5.41, 5.74) is 1.62. The van der Waals surface area contributed by atoms with E-state index in [0.717, 1.165) is 23.5 Å². The minimum Gasteiger partial charge on any atom is -0.466 e. The fourth-order valence-electron chi connectivity index (χ4n) is 2.20. The fourth-order valence-corrected chi connectivity index (χ4v) is 3.07. The molecule has 1 amide bonds. The lowest BCUT2D eigenvalue weighted by Gasteiger charge is -2.05. The smallest absolute Gasteiger partial charge is 0.255 e. The van der Waals surface area contributed by atoms with Crippen molar-refractivity contribution in [3.8, 4) is 0 Å². The van der Waals surface area contributed by atoms with Gasteiger partial charge in [0.15, 0.2) is 0 Å². The summed E-state index contributed by atoms with van der Waals surface area (Å²) in [6.45, 7) is 6.32. The van der Waals surface area contributed by atoms with Crippen LogP contribution in [0.1, 0.15) is 33.9 Å². The molecule has 0 saturated carbocycles. The minimum atomic E-state index is -0.0356. The summed E-state index contributed by atoms with van der Waals surface area (Å²) in [6.07, 6.45) is 0.945. The van der Waals surface area contributed by atoms with Crippen LogP contribution in [0, 0.1) is 20.8 Å². The van der Waals surface area contributed by atoms with Crippen LogP contribution in [-0.4, -0.2) is 18.2 Å². The number of furan rings is 1. The Labute approximate surface area is 130 Å². The van der Waals surface area contributed by atoms with Crippen molar-refractivity contribution >= 4 is 17.7 Å². The third-order valence-corrected chi connectivity index (χ3v) is 4.51. The number of carbonyl (C=O) groups is 1. The van der Waals surface area contributed by atoms with Crippen LogP contribution in [0.25, 0.3) is 0 Å². The highest BCUT2D eigenvalue weighted by Gasteiger charge is 2.17. The lowest BCUT2D eigenvalue weighted by Crippen LogP contribution is -2.25. The predicted octanol–water partition coefficient (Wildman–Crippen LogP) is 4.12. The average Bonchev–Trinajstić information content (AvgIpc) is 2.73.